The van der Waals surface area contributed by atoms with Gasteiger partial charge in [-0.15, -0.1) is 0 Å². The molecule has 0 unspecified atom stereocenters. The van der Waals surface area contributed by atoms with Gasteiger partial charge in [0.05, 0.1) is 9.79 Å². The van der Waals surface area contributed by atoms with Crippen LogP contribution in [0, 0.1) is 6.92 Å². The van der Waals surface area contributed by atoms with Crippen LogP contribution < -0.4 is 23.6 Å². The topological polar surface area (TPSA) is 135 Å². The van der Waals surface area contributed by atoms with E-state index in [9.17, 15) is 47.4 Å². The Labute approximate surface area is 193 Å². The van der Waals surface area contributed by atoms with Crippen molar-refractivity contribution in [3.63, 3.8) is 0 Å². The van der Waals surface area contributed by atoms with Gasteiger partial charge in [-0.1, -0.05) is 6.07 Å². The molecule has 0 spiro atoms. The van der Waals surface area contributed by atoms with Crippen LogP contribution >= 0.6 is 0 Å². The van der Waals surface area contributed by atoms with Crippen molar-refractivity contribution in [1.29, 1.82) is 0 Å². The molecule has 0 aliphatic rings. The first-order valence-electron chi connectivity index (χ1n) is 7.86. The van der Waals surface area contributed by atoms with Crippen molar-refractivity contribution in [3.05, 3.63) is 48.0 Å². The van der Waals surface area contributed by atoms with E-state index in [0.717, 1.165) is 42.7 Å². The van der Waals surface area contributed by atoms with Crippen LogP contribution in [0.4, 0.5) is 17.6 Å². The first kappa shape index (κ1) is 28.4. The number of sulfone groups is 2. The van der Waals surface area contributed by atoms with Gasteiger partial charge < -0.3 is 9.29 Å². The molecule has 16 heteroatoms. The van der Waals surface area contributed by atoms with Crippen LogP contribution in [-0.2, 0) is 29.8 Å². The molecule has 2 aromatic rings. The minimum atomic E-state index is -6.87. The average molecular weight is 512 g/mol. The van der Waals surface area contributed by atoms with Crippen LogP contribution in [0.25, 0.3) is 0 Å². The average Bonchev–Trinajstić information content (AvgIpc) is 2.59. The van der Waals surface area contributed by atoms with Gasteiger partial charge in [-0.3, -0.25) is 0 Å². The monoisotopic (exact) mass is 512 g/mol. The van der Waals surface area contributed by atoms with Gasteiger partial charge in [0, 0.05) is 6.26 Å². The van der Waals surface area contributed by atoms with Crippen molar-refractivity contribution in [3.8, 4) is 5.75 Å². The molecule has 2 aromatic carbocycles. The molecule has 0 bridgehead atoms. The van der Waals surface area contributed by atoms with Crippen molar-refractivity contribution in [1.82, 2.24) is 0 Å². The number of rotatable bonds is 7. The van der Waals surface area contributed by atoms with Gasteiger partial charge in [0.1, 0.15) is 10.6 Å². The fourth-order valence-electron chi connectivity index (χ4n) is 2.25. The Morgan fingerprint density at radius 2 is 1.31 bits per heavy atom. The molecule has 0 fully saturated rings. The fourth-order valence-corrected chi connectivity index (χ4v) is 4.58. The molecular weight excluding hydrogens is 499 g/mol. The Morgan fingerprint density at radius 3 is 1.75 bits per heavy atom. The van der Waals surface area contributed by atoms with Crippen LogP contribution in [-0.4, -0.2) is 47.4 Å². The number of halogens is 4. The van der Waals surface area contributed by atoms with Gasteiger partial charge in [0.25, 0.3) is 0 Å². The molecule has 0 saturated heterocycles. The predicted molar refractivity (Wildman–Crippen MR) is 96.4 cm³/mol. The van der Waals surface area contributed by atoms with E-state index in [1.165, 1.54) is 6.92 Å². The van der Waals surface area contributed by atoms with Crippen LogP contribution in [0.5, 0.6) is 5.75 Å². The second-order valence-corrected chi connectivity index (χ2v) is 11.6. The smallest absolute Gasteiger partial charge is 0.743 e. The van der Waals surface area contributed by atoms with Crippen molar-refractivity contribution in [2.24, 2.45) is 0 Å². The zero-order chi connectivity index (χ0) is 24.0. The third-order valence-corrected chi connectivity index (χ3v) is 7.65. The van der Waals surface area contributed by atoms with E-state index in [1.54, 1.807) is 0 Å². The Balaban J connectivity index is 0.00000512. The number of aryl methyl sites for hydroxylation is 1. The Bertz CT molecular complexity index is 1320. The summed E-state index contributed by atoms with van der Waals surface area (Å²) in [5, 5.41) is -6.21. The summed E-state index contributed by atoms with van der Waals surface area (Å²) in [5.74, 6) is -1.35. The molecule has 0 heterocycles. The Morgan fingerprint density at radius 1 is 0.844 bits per heavy atom. The quantitative estimate of drug-likeness (QED) is 0.271. The minimum Gasteiger partial charge on any atom is -0.743 e. The van der Waals surface area contributed by atoms with Crippen LogP contribution in [0.3, 0.4) is 0 Å². The van der Waals surface area contributed by atoms with Gasteiger partial charge >= 0.3 is 30.2 Å². The van der Waals surface area contributed by atoms with E-state index in [1.807, 2.05) is 0 Å². The summed E-state index contributed by atoms with van der Waals surface area (Å²) in [4.78, 5) is -1.90. The Kier molecular flexibility index (Phi) is 7.95. The molecule has 32 heavy (non-hydrogen) atoms. The summed E-state index contributed by atoms with van der Waals surface area (Å²) in [6.07, 6.45) is -5.06. The molecule has 0 N–H and O–H groups in total. The number of benzene rings is 2. The number of ether oxygens (including phenoxy) is 1. The SMILES string of the molecule is Cc1ccc(S(=O)(=O)c2ccc(S(C)(=O)=O)cc2)c(OC(F)(F)C(F)(F)S(=O)(=O)[O-])c1.[Li+]. The van der Waals surface area contributed by atoms with Gasteiger partial charge in [-0.05, 0) is 48.9 Å². The van der Waals surface area contributed by atoms with Crippen molar-refractivity contribution in [2.75, 3.05) is 6.26 Å². The molecule has 0 radical (unpaired) electrons. The molecule has 0 aromatic heterocycles. The Hall–Kier alpha value is -1.63. The van der Waals surface area contributed by atoms with E-state index in [4.69, 9.17) is 0 Å². The van der Waals surface area contributed by atoms with Gasteiger partial charge in [0.2, 0.25) is 9.84 Å². The minimum absolute atomic E-state index is 0. The molecule has 0 aliphatic heterocycles. The van der Waals surface area contributed by atoms with E-state index >= 15 is 0 Å². The first-order chi connectivity index (χ1) is 13.8. The zero-order valence-electron chi connectivity index (χ0n) is 16.5. The van der Waals surface area contributed by atoms with Crippen molar-refractivity contribution in [2.45, 2.75) is 33.0 Å². The van der Waals surface area contributed by atoms with Crippen molar-refractivity contribution >= 4 is 29.8 Å². The van der Waals surface area contributed by atoms with Gasteiger partial charge in [-0.25, -0.2) is 25.3 Å². The summed E-state index contributed by atoms with van der Waals surface area (Å²) < 4.78 is 139. The summed E-state index contributed by atoms with van der Waals surface area (Å²) in [6.45, 7) is 1.27. The van der Waals surface area contributed by atoms with E-state index < -0.39 is 56.7 Å². The predicted octanol–water partition coefficient (Wildman–Crippen LogP) is -0.655. The summed E-state index contributed by atoms with van der Waals surface area (Å²) in [5.41, 5.74) is 0.0745. The molecule has 8 nitrogen and oxygen atoms in total. The normalized spacial score (nSPS) is 13.3. The maximum atomic E-state index is 13.9. The molecule has 0 amide bonds. The first-order valence-corrected chi connectivity index (χ1v) is 12.6. The molecule has 0 saturated carbocycles. The molecular formula is C16H13F4LiO8S3. The van der Waals surface area contributed by atoms with Gasteiger partial charge in [0.15, 0.2) is 20.0 Å². The largest absolute Gasteiger partial charge is 1.00 e. The summed E-state index contributed by atoms with van der Waals surface area (Å²) >= 11 is 0. The third-order valence-electron chi connectivity index (χ3n) is 3.84. The summed E-state index contributed by atoms with van der Waals surface area (Å²) in [6, 6.07) is 6.00. The zero-order valence-corrected chi connectivity index (χ0v) is 19.0. The maximum absolute atomic E-state index is 13.9. The number of hydrogen-bond donors (Lipinski definition) is 0. The van der Waals surface area contributed by atoms with E-state index in [0.29, 0.717) is 6.07 Å². The van der Waals surface area contributed by atoms with Gasteiger partial charge in [-0.2, -0.15) is 17.6 Å². The molecule has 2 rings (SSSR count). The number of alkyl halides is 4. The number of hydrogen-bond acceptors (Lipinski definition) is 8. The standard InChI is InChI=1S/C16H14F4O8S3.Li/c1-10-3-8-14(13(9-10)28-15(17,18)16(19,20)31(25,26)27)30(23,24)12-6-4-11(5-7-12)29(2,21)22;/h3-9H,1-2H3,(H,25,26,27);/q;+1/p-1. The second kappa shape index (κ2) is 8.96. The van der Waals surface area contributed by atoms with E-state index in [2.05, 4.69) is 4.74 Å². The fraction of sp³-hybridized carbons (Fsp3) is 0.250. The van der Waals surface area contributed by atoms with E-state index in [-0.39, 0.29) is 29.3 Å². The molecule has 172 valence electrons. The second-order valence-electron chi connectivity index (χ2n) is 6.29. The third kappa shape index (κ3) is 5.46. The molecule has 0 atom stereocenters. The van der Waals surface area contributed by atoms with Crippen LogP contribution in [0.1, 0.15) is 5.56 Å². The molecule has 0 aliphatic carbocycles. The summed E-state index contributed by atoms with van der Waals surface area (Å²) in [7, 11) is -15.3. The maximum Gasteiger partial charge on any atom is 1.00 e. The van der Waals surface area contributed by atoms with Crippen LogP contribution in [0.2, 0.25) is 0 Å². The van der Waals surface area contributed by atoms with Crippen LogP contribution in [0.15, 0.2) is 57.2 Å². The van der Waals surface area contributed by atoms with Crippen molar-refractivity contribution < 1.29 is 71.0 Å².